The van der Waals surface area contributed by atoms with Crippen LogP contribution in [0.25, 0.3) is 33.7 Å². The molecule has 3 aromatic heterocycles. The summed E-state index contributed by atoms with van der Waals surface area (Å²) in [4.78, 5) is 22.7. The van der Waals surface area contributed by atoms with Gasteiger partial charge in [0.15, 0.2) is 11.3 Å². The Labute approximate surface area is 226 Å². The minimum Gasteiger partial charge on any atom is -0.494 e. The average molecular weight is 535 g/mol. The number of ether oxygens (including phenoxy) is 3. The molecule has 1 aliphatic heterocycles. The highest BCUT2D eigenvalue weighted by Gasteiger charge is 2.21. The zero-order chi connectivity index (χ0) is 25.9. The fourth-order valence-electron chi connectivity index (χ4n) is 4.30. The fourth-order valence-corrected chi connectivity index (χ4v) is 4.30. The summed E-state index contributed by atoms with van der Waals surface area (Å²) < 4.78 is 23.2. The molecule has 0 unspecified atom stereocenters. The number of methoxy groups -OCH3 is 1. The number of nitriles is 1. The number of benzene rings is 1. The van der Waals surface area contributed by atoms with Gasteiger partial charge in [-0.2, -0.15) is 5.26 Å². The van der Waals surface area contributed by atoms with Crippen molar-refractivity contribution in [3.05, 3.63) is 59.9 Å². The molecule has 9 nitrogen and oxygen atoms in total. The fraction of sp³-hybridized carbons (Fsp3) is 0.286. The Morgan fingerprint density at radius 2 is 1.89 bits per heavy atom. The van der Waals surface area contributed by atoms with Crippen LogP contribution in [-0.2, 0) is 4.74 Å². The second-order valence-corrected chi connectivity index (χ2v) is 8.91. The van der Waals surface area contributed by atoms with Gasteiger partial charge in [-0.15, -0.1) is 12.4 Å². The van der Waals surface area contributed by atoms with Crippen molar-refractivity contribution >= 4 is 29.4 Å². The van der Waals surface area contributed by atoms with Crippen LogP contribution in [0.1, 0.15) is 28.8 Å². The molecule has 0 N–H and O–H groups in total. The van der Waals surface area contributed by atoms with Gasteiger partial charge in [0, 0.05) is 51.0 Å². The molecule has 10 heteroatoms. The SMILES string of the molecule is COc1cc(C(=O)N(C)C)cnc1-c1cc2nccc(-c3ccc(OC4CCOCC4)c(C#N)c3)c2o1.Cl. The molecule has 38 heavy (non-hydrogen) atoms. The summed E-state index contributed by atoms with van der Waals surface area (Å²) in [5.74, 6) is 1.25. The van der Waals surface area contributed by atoms with Crippen LogP contribution < -0.4 is 9.47 Å². The maximum absolute atomic E-state index is 12.4. The Hall–Kier alpha value is -4.13. The van der Waals surface area contributed by atoms with Crippen molar-refractivity contribution in [3.8, 4) is 40.1 Å². The zero-order valence-electron chi connectivity index (χ0n) is 21.3. The molecule has 1 aliphatic rings. The molecule has 0 radical (unpaired) electrons. The monoisotopic (exact) mass is 534 g/mol. The van der Waals surface area contributed by atoms with E-state index in [4.69, 9.17) is 18.6 Å². The average Bonchev–Trinajstić information content (AvgIpc) is 3.37. The first-order valence-electron chi connectivity index (χ1n) is 11.9. The maximum Gasteiger partial charge on any atom is 0.255 e. The van der Waals surface area contributed by atoms with Crippen molar-refractivity contribution in [1.29, 1.82) is 5.26 Å². The molecule has 0 aliphatic carbocycles. The summed E-state index contributed by atoms with van der Waals surface area (Å²) in [5, 5.41) is 9.80. The van der Waals surface area contributed by atoms with E-state index in [1.807, 2.05) is 18.2 Å². The quantitative estimate of drug-likeness (QED) is 0.335. The number of carbonyl (C=O) groups is 1. The smallest absolute Gasteiger partial charge is 0.255 e. The third-order valence-corrected chi connectivity index (χ3v) is 6.24. The minimum atomic E-state index is -0.177. The van der Waals surface area contributed by atoms with Crippen LogP contribution >= 0.6 is 12.4 Å². The Morgan fingerprint density at radius 1 is 1.11 bits per heavy atom. The first kappa shape index (κ1) is 26.9. The predicted octanol–water partition coefficient (Wildman–Crippen LogP) is 5.12. The third kappa shape index (κ3) is 5.28. The van der Waals surface area contributed by atoms with E-state index in [2.05, 4.69) is 16.0 Å². The predicted molar refractivity (Wildman–Crippen MR) is 144 cm³/mol. The van der Waals surface area contributed by atoms with Gasteiger partial charge in [-0.25, -0.2) is 4.98 Å². The van der Waals surface area contributed by atoms with Crippen LogP contribution in [0.15, 0.2) is 53.2 Å². The minimum absolute atomic E-state index is 0. The highest BCUT2D eigenvalue weighted by molar-refractivity contribution is 5.95. The Balaban J connectivity index is 0.00000336. The van der Waals surface area contributed by atoms with Gasteiger partial charge in [0.05, 0.1) is 31.5 Å². The summed E-state index contributed by atoms with van der Waals surface area (Å²) in [5.41, 5.74) is 4.08. The summed E-state index contributed by atoms with van der Waals surface area (Å²) in [6.45, 7) is 1.32. The molecule has 0 saturated carbocycles. The number of aromatic nitrogens is 2. The summed E-state index contributed by atoms with van der Waals surface area (Å²) in [6, 6.07) is 13.0. The number of carbonyl (C=O) groups excluding carboxylic acids is 1. The second kappa shape index (κ2) is 11.5. The van der Waals surface area contributed by atoms with Gasteiger partial charge < -0.3 is 23.5 Å². The van der Waals surface area contributed by atoms with Crippen molar-refractivity contribution in [3.63, 3.8) is 0 Å². The van der Waals surface area contributed by atoms with E-state index >= 15 is 0 Å². The largest absolute Gasteiger partial charge is 0.494 e. The number of hydrogen-bond donors (Lipinski definition) is 0. The van der Waals surface area contributed by atoms with E-state index < -0.39 is 0 Å². The molecule has 1 fully saturated rings. The number of pyridine rings is 2. The van der Waals surface area contributed by atoms with E-state index in [-0.39, 0.29) is 24.4 Å². The first-order chi connectivity index (χ1) is 18.0. The van der Waals surface area contributed by atoms with Gasteiger partial charge in [0.2, 0.25) is 0 Å². The first-order valence-corrected chi connectivity index (χ1v) is 11.9. The lowest BCUT2D eigenvalue weighted by Crippen LogP contribution is -2.26. The molecule has 5 rings (SSSR count). The van der Waals surface area contributed by atoms with E-state index in [1.54, 1.807) is 38.5 Å². The molecule has 0 bridgehead atoms. The molecule has 4 aromatic rings. The van der Waals surface area contributed by atoms with E-state index in [0.717, 1.165) is 24.0 Å². The van der Waals surface area contributed by atoms with E-state index in [0.29, 0.717) is 58.4 Å². The molecule has 196 valence electrons. The van der Waals surface area contributed by atoms with E-state index in [9.17, 15) is 10.1 Å². The van der Waals surface area contributed by atoms with Crippen molar-refractivity contribution in [1.82, 2.24) is 14.9 Å². The number of hydrogen-bond acceptors (Lipinski definition) is 8. The zero-order valence-corrected chi connectivity index (χ0v) is 22.1. The second-order valence-electron chi connectivity index (χ2n) is 8.91. The lowest BCUT2D eigenvalue weighted by molar-refractivity contribution is 0.0254. The Kier molecular flexibility index (Phi) is 8.15. The molecule has 4 heterocycles. The van der Waals surface area contributed by atoms with Crippen LogP contribution in [0.3, 0.4) is 0 Å². The molecule has 0 spiro atoms. The number of nitrogens with zero attached hydrogens (tertiary/aromatic N) is 4. The van der Waals surface area contributed by atoms with Crippen LogP contribution in [0.2, 0.25) is 0 Å². The highest BCUT2D eigenvalue weighted by atomic mass is 35.5. The molecule has 0 atom stereocenters. The summed E-state index contributed by atoms with van der Waals surface area (Å²) in [7, 11) is 4.87. The van der Waals surface area contributed by atoms with Crippen LogP contribution in [0, 0.1) is 11.3 Å². The topological polar surface area (TPSA) is 111 Å². The molecular formula is C28H27ClN4O5. The van der Waals surface area contributed by atoms with Crippen molar-refractivity contribution in [2.24, 2.45) is 0 Å². The normalized spacial score (nSPS) is 13.4. The summed E-state index contributed by atoms with van der Waals surface area (Å²) in [6.07, 6.45) is 4.83. The molecule has 1 amide bonds. The van der Waals surface area contributed by atoms with Gasteiger partial charge in [0.1, 0.15) is 34.9 Å². The lowest BCUT2D eigenvalue weighted by Gasteiger charge is -2.23. The lowest BCUT2D eigenvalue weighted by atomic mass is 10.0. The Bertz CT molecular complexity index is 1510. The molecule has 1 aromatic carbocycles. The standard InChI is InChI=1S/C28H26N4O5.ClH/c1-32(2)28(33)19-13-24(34-3)26(31-16-19)25-14-22-27(37-25)21(6-9-30-22)17-4-5-23(18(12-17)15-29)36-20-7-10-35-11-8-20;/h4-6,9,12-14,16,20H,7-8,10-11H2,1-3H3;1H. The van der Waals surface area contributed by atoms with Crippen molar-refractivity contribution in [2.75, 3.05) is 34.4 Å². The van der Waals surface area contributed by atoms with Crippen LogP contribution in [0.5, 0.6) is 11.5 Å². The third-order valence-electron chi connectivity index (χ3n) is 6.24. The van der Waals surface area contributed by atoms with Crippen LogP contribution in [0.4, 0.5) is 0 Å². The van der Waals surface area contributed by atoms with Crippen LogP contribution in [-0.4, -0.2) is 61.3 Å². The summed E-state index contributed by atoms with van der Waals surface area (Å²) >= 11 is 0. The van der Waals surface area contributed by atoms with Gasteiger partial charge in [-0.1, -0.05) is 6.07 Å². The number of furan rings is 1. The van der Waals surface area contributed by atoms with E-state index in [1.165, 1.54) is 18.2 Å². The van der Waals surface area contributed by atoms with Gasteiger partial charge in [0.25, 0.3) is 5.91 Å². The van der Waals surface area contributed by atoms with Crippen molar-refractivity contribution in [2.45, 2.75) is 18.9 Å². The van der Waals surface area contributed by atoms with Gasteiger partial charge in [-0.3, -0.25) is 9.78 Å². The highest BCUT2D eigenvalue weighted by Crippen LogP contribution is 2.37. The number of fused-ring (bicyclic) bond motifs is 1. The van der Waals surface area contributed by atoms with Gasteiger partial charge >= 0.3 is 0 Å². The van der Waals surface area contributed by atoms with Crippen molar-refractivity contribution < 1.29 is 23.4 Å². The van der Waals surface area contributed by atoms with Gasteiger partial charge in [-0.05, 0) is 29.8 Å². The Morgan fingerprint density at radius 3 is 2.61 bits per heavy atom. The molecule has 1 saturated heterocycles. The maximum atomic E-state index is 12.4. The number of amides is 1. The molecular weight excluding hydrogens is 508 g/mol. The number of halogens is 1. The number of rotatable bonds is 6.